The van der Waals surface area contributed by atoms with Gasteiger partial charge in [0.05, 0.1) is 5.75 Å². The minimum atomic E-state index is -3.41. The first kappa shape index (κ1) is 11.2. The molecule has 0 heterocycles. The quantitative estimate of drug-likeness (QED) is 0.822. The Labute approximate surface area is 84.3 Å². The number of benzene rings is 1. The first-order chi connectivity index (χ1) is 6.56. The van der Waals surface area contributed by atoms with Crippen LogP contribution in [0.3, 0.4) is 0 Å². The maximum absolute atomic E-state index is 11.5. The zero-order chi connectivity index (χ0) is 10.6. The van der Waals surface area contributed by atoms with E-state index in [0.717, 1.165) is 0 Å². The van der Waals surface area contributed by atoms with Crippen LogP contribution >= 0.6 is 0 Å². The Morgan fingerprint density at radius 2 is 1.86 bits per heavy atom. The van der Waals surface area contributed by atoms with Crippen molar-refractivity contribution >= 4 is 9.84 Å². The molecule has 1 N–H and O–H groups in total. The van der Waals surface area contributed by atoms with Crippen LogP contribution < -0.4 is 0 Å². The molecule has 1 unspecified atom stereocenters. The van der Waals surface area contributed by atoms with E-state index in [2.05, 4.69) is 0 Å². The number of aliphatic hydroxyl groups excluding tert-OH is 1. The van der Waals surface area contributed by atoms with Gasteiger partial charge in [-0.15, -0.1) is 0 Å². The van der Waals surface area contributed by atoms with Crippen molar-refractivity contribution in [1.29, 1.82) is 0 Å². The monoisotopic (exact) mass is 214 g/mol. The first-order valence-corrected chi connectivity index (χ1v) is 6.21. The first-order valence-electron chi connectivity index (χ1n) is 4.50. The number of aliphatic hydroxyl groups is 1. The lowest BCUT2D eigenvalue weighted by Gasteiger charge is -2.09. The van der Waals surface area contributed by atoms with Gasteiger partial charge in [-0.05, 0) is 12.0 Å². The smallest absolute Gasteiger partial charge is 0.180 e. The van der Waals surface area contributed by atoms with Gasteiger partial charge in [0.15, 0.2) is 15.3 Å². The molecule has 0 aliphatic carbocycles. The second-order valence-corrected chi connectivity index (χ2v) is 5.31. The molecule has 14 heavy (non-hydrogen) atoms. The molecule has 1 aromatic rings. The third kappa shape index (κ3) is 2.82. The van der Waals surface area contributed by atoms with Crippen LogP contribution in [0.4, 0.5) is 0 Å². The summed E-state index contributed by atoms with van der Waals surface area (Å²) in [5, 5.41) is 9.26. The summed E-state index contributed by atoms with van der Waals surface area (Å²) in [5.41, 5.74) is -0.539. The molecule has 0 aliphatic rings. The summed E-state index contributed by atoms with van der Waals surface area (Å²) in [4.78, 5) is 0. The molecular weight excluding hydrogens is 200 g/mol. The Bertz CT molecular complexity index is 370. The van der Waals surface area contributed by atoms with Gasteiger partial charge in [-0.25, -0.2) is 8.42 Å². The minimum absolute atomic E-state index is 0.0944. The fourth-order valence-corrected chi connectivity index (χ4v) is 2.51. The van der Waals surface area contributed by atoms with Gasteiger partial charge >= 0.3 is 0 Å². The topological polar surface area (TPSA) is 54.4 Å². The van der Waals surface area contributed by atoms with Crippen molar-refractivity contribution in [2.45, 2.75) is 24.5 Å². The maximum atomic E-state index is 11.5. The average Bonchev–Trinajstić information content (AvgIpc) is 2.17. The van der Waals surface area contributed by atoms with E-state index in [1.54, 1.807) is 31.2 Å². The van der Waals surface area contributed by atoms with E-state index in [9.17, 15) is 13.5 Å². The third-order valence-electron chi connectivity index (χ3n) is 1.97. The largest absolute Gasteiger partial charge is 0.377 e. The number of rotatable bonds is 4. The summed E-state index contributed by atoms with van der Waals surface area (Å²) >= 11 is 0. The van der Waals surface area contributed by atoms with E-state index in [4.69, 9.17) is 0 Å². The van der Waals surface area contributed by atoms with Gasteiger partial charge in [0.25, 0.3) is 0 Å². The molecule has 0 bridgehead atoms. The molecule has 1 atom stereocenters. The Kier molecular flexibility index (Phi) is 3.66. The lowest BCUT2D eigenvalue weighted by atomic mass is 10.2. The molecule has 1 rings (SSSR count). The van der Waals surface area contributed by atoms with Crippen molar-refractivity contribution in [3.63, 3.8) is 0 Å². The second kappa shape index (κ2) is 4.57. The van der Waals surface area contributed by atoms with Crippen molar-refractivity contribution < 1.29 is 13.5 Å². The van der Waals surface area contributed by atoms with Crippen molar-refractivity contribution in [3.05, 3.63) is 35.9 Å². The van der Waals surface area contributed by atoms with Gasteiger partial charge in [0.1, 0.15) is 0 Å². The molecular formula is C10H14O3S. The lowest BCUT2D eigenvalue weighted by molar-refractivity contribution is 0.244. The van der Waals surface area contributed by atoms with Gasteiger partial charge in [0.2, 0.25) is 0 Å². The highest BCUT2D eigenvalue weighted by Crippen LogP contribution is 2.11. The highest BCUT2D eigenvalue weighted by molar-refractivity contribution is 7.91. The molecule has 0 saturated heterocycles. The molecule has 1 aromatic carbocycles. The molecule has 0 saturated carbocycles. The molecule has 4 heteroatoms. The molecule has 3 nitrogen and oxygen atoms in total. The van der Waals surface area contributed by atoms with Crippen LogP contribution in [0.25, 0.3) is 0 Å². The summed E-state index contributed by atoms with van der Waals surface area (Å²) in [5.74, 6) is -0.0944. The summed E-state index contributed by atoms with van der Waals surface area (Å²) in [6.07, 6.45) is 0.231. The van der Waals surface area contributed by atoms with E-state index in [1.807, 2.05) is 6.07 Å². The predicted octanol–water partition coefficient (Wildman–Crippen LogP) is 1.33. The van der Waals surface area contributed by atoms with Crippen LogP contribution in [0.1, 0.15) is 18.9 Å². The normalized spacial score (nSPS) is 13.9. The van der Waals surface area contributed by atoms with Gasteiger partial charge in [-0.2, -0.15) is 0 Å². The van der Waals surface area contributed by atoms with Gasteiger partial charge in [-0.3, -0.25) is 0 Å². The molecule has 78 valence electrons. The minimum Gasteiger partial charge on any atom is -0.377 e. The Morgan fingerprint density at radius 3 is 2.36 bits per heavy atom. The third-order valence-corrected chi connectivity index (χ3v) is 3.87. The highest BCUT2D eigenvalue weighted by atomic mass is 32.2. The number of hydrogen-bond acceptors (Lipinski definition) is 3. The fraction of sp³-hybridized carbons (Fsp3) is 0.400. The Hall–Kier alpha value is -0.870. The van der Waals surface area contributed by atoms with Crippen molar-refractivity contribution in [2.75, 3.05) is 0 Å². The SMILES string of the molecule is CCC(O)S(=O)(=O)Cc1ccccc1. The standard InChI is InChI=1S/C10H14O3S/c1-2-10(11)14(12,13)8-9-6-4-3-5-7-9/h3-7,10-11H,2,8H2,1H3. The lowest BCUT2D eigenvalue weighted by Crippen LogP contribution is -2.21. The Morgan fingerprint density at radius 1 is 1.29 bits per heavy atom. The van der Waals surface area contributed by atoms with Crippen LogP contribution in [-0.2, 0) is 15.6 Å². The summed E-state index contributed by atoms with van der Waals surface area (Å²) < 4.78 is 23.0. The van der Waals surface area contributed by atoms with Crippen LogP contribution in [0.15, 0.2) is 30.3 Å². The van der Waals surface area contributed by atoms with E-state index in [-0.39, 0.29) is 12.2 Å². The van der Waals surface area contributed by atoms with Crippen molar-refractivity contribution in [2.24, 2.45) is 0 Å². The molecule has 0 amide bonds. The van der Waals surface area contributed by atoms with Gasteiger partial charge in [0, 0.05) is 0 Å². The molecule has 0 spiro atoms. The zero-order valence-corrected chi connectivity index (χ0v) is 8.87. The highest BCUT2D eigenvalue weighted by Gasteiger charge is 2.20. The van der Waals surface area contributed by atoms with Crippen LogP contribution in [0, 0.1) is 0 Å². The molecule has 0 aliphatic heterocycles. The summed E-state index contributed by atoms with van der Waals surface area (Å²) in [7, 11) is -3.41. The molecule has 0 radical (unpaired) electrons. The number of sulfone groups is 1. The zero-order valence-electron chi connectivity index (χ0n) is 8.05. The van der Waals surface area contributed by atoms with E-state index in [0.29, 0.717) is 5.56 Å². The van der Waals surface area contributed by atoms with Gasteiger partial charge < -0.3 is 5.11 Å². The van der Waals surface area contributed by atoms with Crippen LogP contribution in [-0.4, -0.2) is 19.0 Å². The van der Waals surface area contributed by atoms with Crippen molar-refractivity contribution in [1.82, 2.24) is 0 Å². The summed E-state index contributed by atoms with van der Waals surface area (Å²) in [6, 6.07) is 8.86. The average molecular weight is 214 g/mol. The maximum Gasteiger partial charge on any atom is 0.180 e. The van der Waals surface area contributed by atoms with Crippen molar-refractivity contribution in [3.8, 4) is 0 Å². The van der Waals surface area contributed by atoms with E-state index in [1.165, 1.54) is 0 Å². The molecule has 0 aromatic heterocycles. The van der Waals surface area contributed by atoms with Gasteiger partial charge in [-0.1, -0.05) is 37.3 Å². The van der Waals surface area contributed by atoms with Crippen LogP contribution in [0.5, 0.6) is 0 Å². The van der Waals surface area contributed by atoms with E-state index < -0.39 is 15.3 Å². The predicted molar refractivity (Wildman–Crippen MR) is 55.4 cm³/mol. The number of hydrogen-bond donors (Lipinski definition) is 1. The molecule has 0 fully saturated rings. The fourth-order valence-electron chi connectivity index (χ4n) is 1.16. The second-order valence-electron chi connectivity index (χ2n) is 3.16. The Balaban J connectivity index is 2.79. The summed E-state index contributed by atoms with van der Waals surface area (Å²) in [6.45, 7) is 1.65. The van der Waals surface area contributed by atoms with Crippen LogP contribution in [0.2, 0.25) is 0 Å². The van der Waals surface area contributed by atoms with E-state index >= 15 is 0 Å².